The number of rotatable bonds is 7. The molecule has 0 unspecified atom stereocenters. The molecule has 144 valence electrons. The zero-order valence-electron chi connectivity index (χ0n) is 13.8. The zero-order chi connectivity index (χ0) is 19.7. The highest BCUT2D eigenvalue weighted by molar-refractivity contribution is 7.86. The number of ether oxygens (including phenoxy) is 2. The quantitative estimate of drug-likeness (QED) is 0.374. The standard InChI is InChI=1S/C14H17NO10S/c1-14(2)23-7-10(24-14)11(16)12(13(17)18)25-26(21,22)9-5-3-8(4-6-9)15(19)20/h3-6,10-12,16H,7H2,1-2H3,(H,17,18)/t10-,11-,12-/m1/s1. The van der Waals surface area contributed by atoms with Crippen LogP contribution in [0, 0.1) is 10.1 Å². The summed E-state index contributed by atoms with van der Waals surface area (Å²) in [6, 6.07) is 3.66. The van der Waals surface area contributed by atoms with Crippen molar-refractivity contribution in [2.24, 2.45) is 0 Å². The van der Waals surface area contributed by atoms with Crippen LogP contribution in [-0.4, -0.2) is 60.2 Å². The molecule has 3 atom stereocenters. The highest BCUT2D eigenvalue weighted by Crippen LogP contribution is 2.27. The van der Waals surface area contributed by atoms with Crippen LogP contribution in [-0.2, 0) is 28.6 Å². The molecule has 1 aromatic carbocycles. The van der Waals surface area contributed by atoms with E-state index in [0.717, 1.165) is 24.3 Å². The first-order chi connectivity index (χ1) is 11.9. The van der Waals surface area contributed by atoms with Crippen molar-refractivity contribution in [2.45, 2.75) is 42.8 Å². The number of hydrogen-bond acceptors (Lipinski definition) is 9. The summed E-state index contributed by atoms with van der Waals surface area (Å²) in [7, 11) is -4.61. The summed E-state index contributed by atoms with van der Waals surface area (Å²) < 4.78 is 39.6. The second-order valence-electron chi connectivity index (χ2n) is 5.92. The molecular weight excluding hydrogens is 374 g/mol. The van der Waals surface area contributed by atoms with Gasteiger partial charge in [0.15, 0.2) is 5.79 Å². The molecule has 1 aliphatic heterocycles. The third kappa shape index (κ3) is 4.53. The predicted molar refractivity (Wildman–Crippen MR) is 83.7 cm³/mol. The summed E-state index contributed by atoms with van der Waals surface area (Å²) in [5, 5.41) is 30.0. The minimum absolute atomic E-state index is 0.154. The molecule has 1 heterocycles. The van der Waals surface area contributed by atoms with Crippen molar-refractivity contribution < 1.29 is 42.0 Å². The molecule has 0 saturated carbocycles. The van der Waals surface area contributed by atoms with Crippen LogP contribution in [0.25, 0.3) is 0 Å². The van der Waals surface area contributed by atoms with Gasteiger partial charge >= 0.3 is 5.97 Å². The molecule has 1 aliphatic rings. The average Bonchev–Trinajstić information content (AvgIpc) is 2.92. The molecule has 0 aromatic heterocycles. The molecule has 1 fully saturated rings. The molecule has 0 amide bonds. The number of nitro groups is 1. The molecule has 26 heavy (non-hydrogen) atoms. The molecule has 0 spiro atoms. The molecule has 2 N–H and O–H groups in total. The van der Waals surface area contributed by atoms with Crippen LogP contribution in [0.3, 0.4) is 0 Å². The van der Waals surface area contributed by atoms with Gasteiger partial charge in [-0.25, -0.2) is 8.98 Å². The monoisotopic (exact) mass is 391 g/mol. The number of carboxylic acid groups (broad SMARTS) is 1. The van der Waals surface area contributed by atoms with Crippen molar-refractivity contribution in [2.75, 3.05) is 6.61 Å². The van der Waals surface area contributed by atoms with Gasteiger partial charge in [-0.15, -0.1) is 0 Å². The number of carbonyl (C=O) groups is 1. The molecule has 12 heteroatoms. The van der Waals surface area contributed by atoms with E-state index in [9.17, 15) is 33.5 Å². The normalized spacial score (nSPS) is 21.9. The van der Waals surface area contributed by atoms with Gasteiger partial charge in [-0.1, -0.05) is 0 Å². The van der Waals surface area contributed by atoms with E-state index >= 15 is 0 Å². The summed E-state index contributed by atoms with van der Waals surface area (Å²) in [5.74, 6) is -2.79. The van der Waals surface area contributed by atoms with Gasteiger partial charge < -0.3 is 19.7 Å². The largest absolute Gasteiger partial charge is 0.479 e. The Morgan fingerprint density at radius 2 is 1.96 bits per heavy atom. The highest BCUT2D eigenvalue weighted by Gasteiger charge is 2.44. The molecule has 0 bridgehead atoms. The van der Waals surface area contributed by atoms with E-state index in [1.165, 1.54) is 0 Å². The fourth-order valence-corrected chi connectivity index (χ4v) is 3.30. The van der Waals surface area contributed by atoms with Crippen molar-refractivity contribution in [3.05, 3.63) is 34.4 Å². The number of carboxylic acids is 1. The fourth-order valence-electron chi connectivity index (χ4n) is 2.25. The Balaban J connectivity index is 2.20. The molecule has 11 nitrogen and oxygen atoms in total. The van der Waals surface area contributed by atoms with Gasteiger partial charge in [0.2, 0.25) is 6.10 Å². The maximum absolute atomic E-state index is 12.2. The maximum Gasteiger partial charge on any atom is 0.337 e. The number of aliphatic carboxylic acids is 1. The Bertz CT molecular complexity index is 788. The van der Waals surface area contributed by atoms with Crippen LogP contribution in [0.2, 0.25) is 0 Å². The van der Waals surface area contributed by atoms with E-state index in [1.54, 1.807) is 13.8 Å². The van der Waals surface area contributed by atoms with E-state index in [2.05, 4.69) is 4.18 Å². The minimum Gasteiger partial charge on any atom is -0.479 e. The Labute approximate surface area is 148 Å². The smallest absolute Gasteiger partial charge is 0.337 e. The molecule has 1 saturated heterocycles. The van der Waals surface area contributed by atoms with E-state index in [1.807, 2.05) is 0 Å². The van der Waals surface area contributed by atoms with Crippen LogP contribution in [0.5, 0.6) is 0 Å². The van der Waals surface area contributed by atoms with Gasteiger partial charge in [0, 0.05) is 12.1 Å². The van der Waals surface area contributed by atoms with Crippen molar-refractivity contribution in [1.82, 2.24) is 0 Å². The SMILES string of the molecule is CC1(C)OC[C@H]([C@@H](O)[C@@H](OS(=O)(=O)c2ccc([N+](=O)[O-])cc2)C(=O)O)O1. The van der Waals surface area contributed by atoms with Crippen LogP contribution >= 0.6 is 0 Å². The second kappa shape index (κ2) is 7.25. The Morgan fingerprint density at radius 1 is 1.38 bits per heavy atom. The van der Waals surface area contributed by atoms with E-state index in [-0.39, 0.29) is 12.3 Å². The Kier molecular flexibility index (Phi) is 5.63. The Morgan fingerprint density at radius 3 is 2.38 bits per heavy atom. The van der Waals surface area contributed by atoms with Crippen LogP contribution in [0.1, 0.15) is 13.8 Å². The molecule has 0 radical (unpaired) electrons. The van der Waals surface area contributed by atoms with E-state index < -0.39 is 50.0 Å². The first-order valence-corrected chi connectivity index (χ1v) is 8.74. The Hall–Kier alpha value is -2.12. The van der Waals surface area contributed by atoms with Gasteiger partial charge in [0.05, 0.1) is 16.4 Å². The maximum atomic E-state index is 12.2. The van der Waals surface area contributed by atoms with Gasteiger partial charge in [0.25, 0.3) is 15.8 Å². The van der Waals surface area contributed by atoms with Gasteiger partial charge in [-0.05, 0) is 26.0 Å². The third-order valence-electron chi connectivity index (χ3n) is 3.53. The predicted octanol–water partition coefficient (Wildman–Crippen LogP) is 0.266. The van der Waals surface area contributed by atoms with Crippen LogP contribution in [0.4, 0.5) is 5.69 Å². The molecule has 0 aliphatic carbocycles. The topological polar surface area (TPSA) is 162 Å². The summed E-state index contributed by atoms with van der Waals surface area (Å²) in [6.45, 7) is 2.94. The first-order valence-electron chi connectivity index (χ1n) is 7.33. The summed E-state index contributed by atoms with van der Waals surface area (Å²) in [5.41, 5.74) is -0.350. The van der Waals surface area contributed by atoms with Crippen molar-refractivity contribution >= 4 is 21.8 Å². The highest BCUT2D eigenvalue weighted by atomic mass is 32.2. The number of aliphatic hydroxyl groups is 1. The summed E-state index contributed by atoms with van der Waals surface area (Å²) >= 11 is 0. The molecule has 2 rings (SSSR count). The molecular formula is C14H17NO10S. The summed E-state index contributed by atoms with van der Waals surface area (Å²) in [4.78, 5) is 20.8. The lowest BCUT2D eigenvalue weighted by Crippen LogP contribution is -2.46. The van der Waals surface area contributed by atoms with Crippen molar-refractivity contribution in [3.8, 4) is 0 Å². The average molecular weight is 391 g/mol. The second-order valence-corrected chi connectivity index (χ2v) is 7.49. The summed E-state index contributed by atoms with van der Waals surface area (Å²) in [6.07, 6.45) is -5.10. The number of non-ortho nitro benzene ring substituents is 1. The van der Waals surface area contributed by atoms with Crippen molar-refractivity contribution in [3.63, 3.8) is 0 Å². The van der Waals surface area contributed by atoms with Crippen molar-refractivity contribution in [1.29, 1.82) is 0 Å². The van der Waals surface area contributed by atoms with Gasteiger partial charge in [-0.2, -0.15) is 8.42 Å². The van der Waals surface area contributed by atoms with Gasteiger partial charge in [-0.3, -0.25) is 10.1 Å². The number of nitro benzene ring substituents is 1. The van der Waals surface area contributed by atoms with Crippen LogP contribution < -0.4 is 0 Å². The van der Waals surface area contributed by atoms with E-state index in [4.69, 9.17) is 9.47 Å². The third-order valence-corrected chi connectivity index (χ3v) is 4.84. The van der Waals surface area contributed by atoms with Gasteiger partial charge in [0.1, 0.15) is 12.2 Å². The minimum atomic E-state index is -4.61. The number of nitrogens with zero attached hydrogens (tertiary/aromatic N) is 1. The number of aliphatic hydroxyl groups excluding tert-OH is 1. The number of hydrogen-bond donors (Lipinski definition) is 2. The first kappa shape index (κ1) is 20.2. The van der Waals surface area contributed by atoms with Crippen LogP contribution in [0.15, 0.2) is 29.2 Å². The zero-order valence-corrected chi connectivity index (χ0v) is 14.6. The lowest BCUT2D eigenvalue weighted by Gasteiger charge is -2.24. The molecule has 1 aromatic rings. The lowest BCUT2D eigenvalue weighted by molar-refractivity contribution is -0.384. The number of benzene rings is 1. The fraction of sp³-hybridized carbons (Fsp3) is 0.500. The van der Waals surface area contributed by atoms with E-state index in [0.29, 0.717) is 0 Å². The lowest BCUT2D eigenvalue weighted by atomic mass is 10.1.